The van der Waals surface area contributed by atoms with E-state index in [1.165, 1.54) is 12.3 Å². The molecule has 0 heterocycles. The minimum Gasteiger partial charge on any atom is -0.489 e. The summed E-state index contributed by atoms with van der Waals surface area (Å²) in [6.45, 7) is 1.82. The number of ether oxygens (including phenoxy) is 2. The first-order valence-corrected chi connectivity index (χ1v) is 14.1. The van der Waals surface area contributed by atoms with E-state index >= 15 is 0 Å². The van der Waals surface area contributed by atoms with Gasteiger partial charge >= 0.3 is 0 Å². The highest BCUT2D eigenvalue weighted by Gasteiger charge is 2.25. The molecule has 10 heteroatoms. The summed E-state index contributed by atoms with van der Waals surface area (Å²) in [6, 6.07) is 29.6. The molecule has 2 atom stereocenters. The molecule has 0 unspecified atom stereocenters. The molecular formula is C33H28Cl2N4O4. The van der Waals surface area contributed by atoms with Crippen LogP contribution in [0.25, 0.3) is 0 Å². The molecule has 0 aliphatic rings. The van der Waals surface area contributed by atoms with Crippen LogP contribution in [0, 0.1) is 11.3 Å². The molecule has 0 saturated heterocycles. The van der Waals surface area contributed by atoms with Crippen molar-refractivity contribution >= 4 is 41.2 Å². The number of nitriles is 1. The lowest BCUT2D eigenvalue weighted by atomic mass is 10.1. The summed E-state index contributed by atoms with van der Waals surface area (Å²) in [5.41, 5.74) is 5.45. The van der Waals surface area contributed by atoms with E-state index in [9.17, 15) is 14.9 Å². The van der Waals surface area contributed by atoms with Crippen molar-refractivity contribution in [3.63, 3.8) is 0 Å². The monoisotopic (exact) mass is 614 g/mol. The Morgan fingerprint density at radius 2 is 1.67 bits per heavy atom. The van der Waals surface area contributed by atoms with E-state index in [2.05, 4.69) is 21.9 Å². The fraction of sp³-hybridized carbons (Fsp3) is 0.152. The third kappa shape index (κ3) is 9.33. The van der Waals surface area contributed by atoms with Crippen molar-refractivity contribution in [2.45, 2.75) is 32.1 Å². The second-order valence-corrected chi connectivity index (χ2v) is 10.3. The maximum atomic E-state index is 13.1. The zero-order valence-electron chi connectivity index (χ0n) is 23.2. The third-order valence-electron chi connectivity index (χ3n) is 6.28. The Kier molecular flexibility index (Phi) is 11.1. The number of amides is 2. The van der Waals surface area contributed by atoms with Gasteiger partial charge in [0.15, 0.2) is 6.10 Å². The molecule has 0 spiro atoms. The first-order chi connectivity index (χ1) is 20.8. The molecule has 0 saturated carbocycles. The second kappa shape index (κ2) is 15.4. The van der Waals surface area contributed by atoms with Crippen LogP contribution in [0.4, 0.5) is 0 Å². The zero-order chi connectivity index (χ0) is 30.6. The molecule has 0 bridgehead atoms. The minimum atomic E-state index is -0.942. The number of carbonyl (C=O) groups excluding carboxylic acids is 2. The molecular weight excluding hydrogens is 587 g/mol. The number of rotatable bonds is 12. The summed E-state index contributed by atoms with van der Waals surface area (Å²) in [4.78, 5) is 26.1. The third-order valence-corrected chi connectivity index (χ3v) is 6.81. The van der Waals surface area contributed by atoms with Gasteiger partial charge in [-0.3, -0.25) is 9.59 Å². The fourth-order valence-corrected chi connectivity index (χ4v) is 4.43. The lowest BCUT2D eigenvalue weighted by molar-refractivity contribution is -0.132. The molecule has 43 heavy (non-hydrogen) atoms. The molecule has 2 amide bonds. The summed E-state index contributed by atoms with van der Waals surface area (Å²) in [5.74, 6) is -0.0816. The predicted octanol–water partition coefficient (Wildman–Crippen LogP) is 6.09. The quantitative estimate of drug-likeness (QED) is 0.148. The summed E-state index contributed by atoms with van der Waals surface area (Å²) in [5, 5.41) is 16.8. The zero-order valence-corrected chi connectivity index (χ0v) is 24.7. The lowest BCUT2D eigenvalue weighted by Crippen LogP contribution is -2.50. The molecule has 2 N–H and O–H groups in total. The van der Waals surface area contributed by atoms with Gasteiger partial charge in [-0.1, -0.05) is 71.7 Å². The maximum absolute atomic E-state index is 13.1. The largest absolute Gasteiger partial charge is 0.489 e. The first kappa shape index (κ1) is 31.1. The van der Waals surface area contributed by atoms with E-state index < -0.39 is 24.0 Å². The molecule has 0 fully saturated rings. The number of nitrogens with zero attached hydrogens (tertiary/aromatic N) is 2. The van der Waals surface area contributed by atoms with Gasteiger partial charge in [0.25, 0.3) is 11.8 Å². The van der Waals surface area contributed by atoms with Crippen LogP contribution in [0.3, 0.4) is 0 Å². The Hall–Kier alpha value is -4.84. The average molecular weight is 616 g/mol. The van der Waals surface area contributed by atoms with Crippen molar-refractivity contribution in [3.05, 3.63) is 129 Å². The summed E-state index contributed by atoms with van der Waals surface area (Å²) in [6.07, 6.45) is 0.786. The highest BCUT2D eigenvalue weighted by Crippen LogP contribution is 2.28. The highest BCUT2D eigenvalue weighted by atomic mass is 35.5. The van der Waals surface area contributed by atoms with Gasteiger partial charge in [0.05, 0.1) is 22.9 Å². The van der Waals surface area contributed by atoms with Crippen molar-refractivity contribution in [1.29, 1.82) is 5.26 Å². The van der Waals surface area contributed by atoms with Crippen LogP contribution >= 0.6 is 23.2 Å². The van der Waals surface area contributed by atoms with Crippen LogP contribution in [0.1, 0.15) is 29.2 Å². The van der Waals surface area contributed by atoms with Gasteiger partial charge in [-0.2, -0.15) is 10.4 Å². The average Bonchev–Trinajstić information content (AvgIpc) is 3.02. The van der Waals surface area contributed by atoms with Crippen LogP contribution in [-0.4, -0.2) is 30.2 Å². The van der Waals surface area contributed by atoms with Crippen LogP contribution in [0.2, 0.25) is 10.0 Å². The van der Waals surface area contributed by atoms with Crippen molar-refractivity contribution < 1.29 is 19.1 Å². The van der Waals surface area contributed by atoms with Gasteiger partial charge < -0.3 is 14.8 Å². The number of nitrogens with one attached hydrogen (secondary N) is 2. The van der Waals surface area contributed by atoms with Crippen molar-refractivity contribution in [2.75, 3.05) is 0 Å². The number of hydrazone groups is 1. The topological polar surface area (TPSA) is 113 Å². The van der Waals surface area contributed by atoms with Gasteiger partial charge in [0.2, 0.25) is 0 Å². The van der Waals surface area contributed by atoms with E-state index in [0.717, 1.165) is 16.7 Å². The number of hydrogen-bond acceptors (Lipinski definition) is 6. The number of benzene rings is 4. The SMILES string of the molecule is C[C@@H](Oc1ccc(Cl)cc1Cl)C(=O)N[C@H](Cc1ccccc1)C(=O)N/N=C\c1ccc(OCc2ccccc2C#N)cc1. The van der Waals surface area contributed by atoms with E-state index in [0.29, 0.717) is 22.1 Å². The smallest absolute Gasteiger partial charge is 0.262 e. The van der Waals surface area contributed by atoms with Gasteiger partial charge in [0, 0.05) is 17.0 Å². The normalized spacial score (nSPS) is 12.1. The van der Waals surface area contributed by atoms with Crippen LogP contribution in [0.5, 0.6) is 11.5 Å². The van der Waals surface area contributed by atoms with Gasteiger partial charge in [-0.15, -0.1) is 0 Å². The Bertz CT molecular complexity index is 1620. The summed E-state index contributed by atoms with van der Waals surface area (Å²) < 4.78 is 11.5. The molecule has 8 nitrogen and oxygen atoms in total. The van der Waals surface area contributed by atoms with Gasteiger partial charge in [0.1, 0.15) is 24.1 Å². The first-order valence-electron chi connectivity index (χ1n) is 13.3. The molecule has 4 aromatic rings. The standard InChI is InChI=1S/C33H28Cl2N4O4/c1-22(43-31-16-13-27(34)18-29(31)35)32(40)38-30(17-23-7-3-2-4-8-23)33(41)39-37-20-24-11-14-28(15-12-24)42-21-26-10-6-5-9-25(26)19-36/h2-16,18,20,22,30H,17,21H2,1H3,(H,38,40)(H,39,41)/b37-20-/t22-,30-/m1/s1. The van der Waals surface area contributed by atoms with Gasteiger partial charge in [-0.05, 0) is 66.6 Å². The number of hydrogen-bond donors (Lipinski definition) is 2. The molecule has 4 rings (SSSR count). The van der Waals surface area contributed by atoms with E-state index in [4.69, 9.17) is 32.7 Å². The highest BCUT2D eigenvalue weighted by molar-refractivity contribution is 6.35. The van der Waals surface area contributed by atoms with Crippen LogP contribution in [-0.2, 0) is 22.6 Å². The second-order valence-electron chi connectivity index (χ2n) is 9.45. The van der Waals surface area contributed by atoms with E-state index in [1.807, 2.05) is 42.5 Å². The predicted molar refractivity (Wildman–Crippen MR) is 166 cm³/mol. The van der Waals surface area contributed by atoms with Crippen molar-refractivity contribution in [2.24, 2.45) is 5.10 Å². The van der Waals surface area contributed by atoms with E-state index in [-0.39, 0.29) is 18.1 Å². The van der Waals surface area contributed by atoms with Crippen molar-refractivity contribution in [3.8, 4) is 17.6 Å². The Morgan fingerprint density at radius 1 is 0.953 bits per heavy atom. The number of halogens is 2. The van der Waals surface area contributed by atoms with E-state index in [1.54, 1.807) is 55.5 Å². The molecule has 218 valence electrons. The summed E-state index contributed by atoms with van der Waals surface area (Å²) >= 11 is 12.1. The molecule has 4 aromatic carbocycles. The molecule has 0 radical (unpaired) electrons. The molecule has 0 aliphatic carbocycles. The Balaban J connectivity index is 1.36. The Morgan fingerprint density at radius 3 is 2.40 bits per heavy atom. The van der Waals surface area contributed by atoms with Crippen LogP contribution < -0.4 is 20.2 Å². The fourth-order valence-electron chi connectivity index (χ4n) is 3.98. The summed E-state index contributed by atoms with van der Waals surface area (Å²) in [7, 11) is 0. The lowest BCUT2D eigenvalue weighted by Gasteiger charge is -2.21. The van der Waals surface area contributed by atoms with Crippen LogP contribution in [0.15, 0.2) is 102 Å². The Labute approximate surface area is 259 Å². The van der Waals surface area contributed by atoms with Crippen molar-refractivity contribution in [1.82, 2.24) is 10.7 Å². The molecule has 0 aliphatic heterocycles. The minimum absolute atomic E-state index is 0.239. The number of carbonyl (C=O) groups is 2. The molecule has 0 aromatic heterocycles. The van der Waals surface area contributed by atoms with Gasteiger partial charge in [-0.25, -0.2) is 5.43 Å². The maximum Gasteiger partial charge on any atom is 0.262 e.